The topological polar surface area (TPSA) is 109 Å². The molecule has 4 saturated heterocycles. The number of fused-ring (bicyclic) bond motifs is 1. The molecule has 0 aromatic heterocycles. The van der Waals surface area contributed by atoms with Gasteiger partial charge in [-0.25, -0.2) is 0 Å². The highest BCUT2D eigenvalue weighted by molar-refractivity contribution is 5.98. The summed E-state index contributed by atoms with van der Waals surface area (Å²) in [7, 11) is 0. The number of hydrogen-bond acceptors (Lipinski definition) is 8. The average molecular weight is 548 g/mol. The Morgan fingerprint density at radius 1 is 1.21 bits per heavy atom. The molecule has 0 aromatic carbocycles. The Labute approximate surface area is 231 Å². The summed E-state index contributed by atoms with van der Waals surface area (Å²) in [6.45, 7) is 16.3. The predicted molar refractivity (Wildman–Crippen MR) is 145 cm³/mol. The average Bonchev–Trinajstić information content (AvgIpc) is 3.44. The van der Waals surface area contributed by atoms with Gasteiger partial charge in [-0.3, -0.25) is 19.3 Å². The SMILES string of the molecule is C=CCCCOC(=O)[C@H]1[C@H]2C(=O)N(CCCO)C(C(=O)N(CC=C)CCN3CCOCC3)C23CC(C)[C@]1(C)O3. The smallest absolute Gasteiger partial charge is 0.312 e. The van der Waals surface area contributed by atoms with E-state index in [4.69, 9.17) is 14.2 Å². The lowest BCUT2D eigenvalue weighted by Gasteiger charge is -2.38. The highest BCUT2D eigenvalue weighted by Crippen LogP contribution is 2.65. The number of nitrogens with zero attached hydrogens (tertiary/aromatic N) is 3. The first-order valence-corrected chi connectivity index (χ1v) is 14.3. The lowest BCUT2D eigenvalue weighted by Crippen LogP contribution is -2.57. The molecular formula is C29H45N3O7. The summed E-state index contributed by atoms with van der Waals surface area (Å²) in [5.41, 5.74) is -2.03. The number of unbranched alkanes of at least 4 members (excludes halogenated alkanes) is 1. The van der Waals surface area contributed by atoms with Gasteiger partial charge >= 0.3 is 5.97 Å². The van der Waals surface area contributed by atoms with Crippen molar-refractivity contribution in [2.24, 2.45) is 17.8 Å². The molecule has 218 valence electrons. The van der Waals surface area contributed by atoms with Crippen LogP contribution in [0.25, 0.3) is 0 Å². The molecule has 39 heavy (non-hydrogen) atoms. The molecule has 2 amide bonds. The number of ether oxygens (including phenoxy) is 3. The molecule has 2 bridgehead atoms. The highest BCUT2D eigenvalue weighted by Gasteiger charge is 2.80. The maximum atomic E-state index is 14.4. The van der Waals surface area contributed by atoms with Crippen molar-refractivity contribution >= 4 is 17.8 Å². The number of likely N-dealkylation sites (tertiary alicyclic amines) is 1. The number of carbonyl (C=O) groups excluding carboxylic acids is 3. The molecular weight excluding hydrogens is 502 g/mol. The quantitative estimate of drug-likeness (QED) is 0.197. The van der Waals surface area contributed by atoms with Crippen LogP contribution in [0, 0.1) is 17.8 Å². The number of hydrogen-bond donors (Lipinski definition) is 1. The number of carbonyl (C=O) groups is 3. The lowest BCUT2D eigenvalue weighted by atomic mass is 9.62. The Bertz CT molecular complexity index is 938. The first kappa shape index (κ1) is 29.7. The third-order valence-electron chi connectivity index (χ3n) is 9.11. The molecule has 4 heterocycles. The highest BCUT2D eigenvalue weighted by atomic mass is 16.6. The molecule has 0 aliphatic carbocycles. The van der Waals surface area contributed by atoms with E-state index < -0.39 is 35.0 Å². The van der Waals surface area contributed by atoms with Gasteiger partial charge in [0.1, 0.15) is 17.6 Å². The minimum absolute atomic E-state index is 0.0541. The molecule has 1 N–H and O–H groups in total. The number of aliphatic hydroxyl groups is 1. The van der Waals surface area contributed by atoms with E-state index in [9.17, 15) is 19.5 Å². The van der Waals surface area contributed by atoms with E-state index in [0.29, 0.717) is 52.1 Å². The van der Waals surface area contributed by atoms with E-state index in [1.807, 2.05) is 13.8 Å². The second-order valence-electron chi connectivity index (χ2n) is 11.4. The van der Waals surface area contributed by atoms with Gasteiger partial charge in [-0.1, -0.05) is 19.1 Å². The van der Waals surface area contributed by atoms with Gasteiger partial charge in [-0.2, -0.15) is 0 Å². The summed E-state index contributed by atoms with van der Waals surface area (Å²) < 4.78 is 17.8. The molecule has 3 unspecified atom stereocenters. The van der Waals surface area contributed by atoms with Gasteiger partial charge < -0.3 is 29.1 Å². The van der Waals surface area contributed by atoms with Crippen LogP contribution in [0.2, 0.25) is 0 Å². The maximum Gasteiger partial charge on any atom is 0.312 e. The zero-order chi connectivity index (χ0) is 28.2. The first-order chi connectivity index (χ1) is 18.7. The van der Waals surface area contributed by atoms with Gasteiger partial charge in [-0.15, -0.1) is 13.2 Å². The van der Waals surface area contributed by atoms with E-state index in [1.165, 1.54) is 0 Å². The molecule has 4 rings (SSSR count). The van der Waals surface area contributed by atoms with Crippen molar-refractivity contribution in [2.75, 3.05) is 65.7 Å². The number of aliphatic hydroxyl groups excluding tert-OH is 1. The largest absolute Gasteiger partial charge is 0.465 e. The van der Waals surface area contributed by atoms with Crippen molar-refractivity contribution in [1.29, 1.82) is 0 Å². The number of rotatable bonds is 14. The van der Waals surface area contributed by atoms with Gasteiger partial charge in [0.15, 0.2) is 0 Å². The third-order valence-corrected chi connectivity index (χ3v) is 9.11. The fourth-order valence-corrected chi connectivity index (χ4v) is 7.06. The van der Waals surface area contributed by atoms with E-state index in [-0.39, 0.29) is 37.5 Å². The van der Waals surface area contributed by atoms with Gasteiger partial charge in [0, 0.05) is 45.9 Å². The van der Waals surface area contributed by atoms with Gasteiger partial charge in [0.2, 0.25) is 11.8 Å². The van der Waals surface area contributed by atoms with Crippen molar-refractivity contribution < 1.29 is 33.7 Å². The second-order valence-corrected chi connectivity index (χ2v) is 11.4. The van der Waals surface area contributed by atoms with Crippen LogP contribution in [0.15, 0.2) is 25.3 Å². The number of morpholine rings is 1. The Hall–Kier alpha value is -2.27. The molecule has 0 aromatic rings. The van der Waals surface area contributed by atoms with Crippen molar-refractivity contribution in [1.82, 2.24) is 14.7 Å². The van der Waals surface area contributed by atoms with Crippen LogP contribution in [0.5, 0.6) is 0 Å². The van der Waals surface area contributed by atoms with Crippen LogP contribution >= 0.6 is 0 Å². The minimum atomic E-state index is -1.12. The fourth-order valence-electron chi connectivity index (χ4n) is 7.06. The predicted octanol–water partition coefficient (Wildman–Crippen LogP) is 1.24. The second kappa shape index (κ2) is 12.5. The summed E-state index contributed by atoms with van der Waals surface area (Å²) in [6, 6.07) is -0.881. The standard InChI is InChI=1S/C29H45N3O7/c1-5-7-8-17-38-27(36)23-22-25(34)32(11-9-16-33)24(29(22)20-21(3)28(23,4)39-29)26(35)31(10-6-2)13-12-30-14-18-37-19-15-30/h5-6,21-24,33H,1-2,7-20H2,3-4H3/t21?,22-,23+,24?,28-,29?/m0/s1. The minimum Gasteiger partial charge on any atom is -0.465 e. The first-order valence-electron chi connectivity index (χ1n) is 14.3. The third kappa shape index (κ3) is 5.40. The van der Waals surface area contributed by atoms with Crippen LogP contribution in [-0.4, -0.2) is 121 Å². The Balaban J connectivity index is 1.63. The summed E-state index contributed by atoms with van der Waals surface area (Å²) in [5, 5.41) is 9.58. The Kier molecular flexibility index (Phi) is 9.52. The van der Waals surface area contributed by atoms with Crippen molar-refractivity contribution in [3.8, 4) is 0 Å². The zero-order valence-electron chi connectivity index (χ0n) is 23.5. The fraction of sp³-hybridized carbons (Fsp3) is 0.759. The summed E-state index contributed by atoms with van der Waals surface area (Å²) in [6.07, 6.45) is 5.68. The molecule has 10 nitrogen and oxygen atoms in total. The Morgan fingerprint density at radius 2 is 1.95 bits per heavy atom. The van der Waals surface area contributed by atoms with Crippen LogP contribution < -0.4 is 0 Å². The zero-order valence-corrected chi connectivity index (χ0v) is 23.5. The van der Waals surface area contributed by atoms with Crippen LogP contribution in [0.4, 0.5) is 0 Å². The monoisotopic (exact) mass is 547 g/mol. The van der Waals surface area contributed by atoms with Gasteiger partial charge in [0.05, 0.1) is 31.3 Å². The molecule has 0 radical (unpaired) electrons. The summed E-state index contributed by atoms with van der Waals surface area (Å²) >= 11 is 0. The molecule has 6 atom stereocenters. The summed E-state index contributed by atoms with van der Waals surface area (Å²) in [5.74, 6) is -2.57. The van der Waals surface area contributed by atoms with E-state index >= 15 is 0 Å². The van der Waals surface area contributed by atoms with Crippen molar-refractivity contribution in [3.63, 3.8) is 0 Å². The van der Waals surface area contributed by atoms with Crippen molar-refractivity contribution in [2.45, 2.75) is 56.8 Å². The van der Waals surface area contributed by atoms with Crippen LogP contribution in [0.1, 0.15) is 39.5 Å². The molecule has 4 aliphatic rings. The molecule has 4 fully saturated rings. The molecule has 10 heteroatoms. The summed E-state index contributed by atoms with van der Waals surface area (Å²) in [4.78, 5) is 47.5. The van der Waals surface area contributed by atoms with Crippen molar-refractivity contribution in [3.05, 3.63) is 25.3 Å². The maximum absolute atomic E-state index is 14.4. The van der Waals surface area contributed by atoms with Crippen LogP contribution in [0.3, 0.4) is 0 Å². The molecule has 4 aliphatic heterocycles. The number of esters is 1. The van der Waals surface area contributed by atoms with Crippen LogP contribution in [-0.2, 0) is 28.6 Å². The lowest BCUT2D eigenvalue weighted by molar-refractivity contribution is -0.162. The van der Waals surface area contributed by atoms with E-state index in [2.05, 4.69) is 18.1 Å². The van der Waals surface area contributed by atoms with E-state index in [1.54, 1.807) is 22.0 Å². The molecule has 1 spiro atoms. The number of allylic oxidation sites excluding steroid dienone is 1. The number of amides is 2. The molecule has 0 saturated carbocycles. The Morgan fingerprint density at radius 3 is 2.62 bits per heavy atom. The normalized spacial score (nSPS) is 33.7. The van der Waals surface area contributed by atoms with E-state index in [0.717, 1.165) is 19.5 Å². The van der Waals surface area contributed by atoms with Gasteiger partial charge in [0.25, 0.3) is 0 Å². The van der Waals surface area contributed by atoms with Gasteiger partial charge in [-0.05, 0) is 38.5 Å².